The van der Waals surface area contributed by atoms with Crippen molar-refractivity contribution < 1.29 is 9.59 Å². The van der Waals surface area contributed by atoms with Gasteiger partial charge in [-0.25, -0.2) is 0 Å². The van der Waals surface area contributed by atoms with Crippen molar-refractivity contribution in [2.75, 3.05) is 6.54 Å². The number of rotatable bonds is 4. The number of carbonyl (C=O) groups excluding carboxylic acids is 2. The standard InChI is InChI=1S/C14H25N3O2/c15-11-7-5-10(6-8-11)14(19)17(9-13(16)18)12-3-1-2-4-12/h10-12H,1-9,15H2,(H2,16,18). The Morgan fingerprint density at radius 2 is 1.58 bits per heavy atom. The Hall–Kier alpha value is -1.10. The van der Waals surface area contributed by atoms with Crippen LogP contribution >= 0.6 is 0 Å². The van der Waals surface area contributed by atoms with Gasteiger partial charge in [0.1, 0.15) is 0 Å². The summed E-state index contributed by atoms with van der Waals surface area (Å²) in [5, 5.41) is 0. The second-order valence-corrected chi connectivity index (χ2v) is 5.98. The number of primary amides is 1. The minimum absolute atomic E-state index is 0.0414. The predicted octanol–water partition coefficient (Wildman–Crippen LogP) is 0.760. The van der Waals surface area contributed by atoms with Crippen LogP contribution in [-0.2, 0) is 9.59 Å². The van der Waals surface area contributed by atoms with Crippen LogP contribution in [0.5, 0.6) is 0 Å². The van der Waals surface area contributed by atoms with Gasteiger partial charge in [-0.2, -0.15) is 0 Å². The molecule has 0 aliphatic heterocycles. The van der Waals surface area contributed by atoms with E-state index in [9.17, 15) is 9.59 Å². The molecule has 0 unspecified atom stereocenters. The summed E-state index contributed by atoms with van der Waals surface area (Å²) in [6.07, 6.45) is 7.81. The van der Waals surface area contributed by atoms with Crippen molar-refractivity contribution in [2.24, 2.45) is 17.4 Å². The lowest BCUT2D eigenvalue weighted by Crippen LogP contribution is -2.47. The molecular weight excluding hydrogens is 242 g/mol. The van der Waals surface area contributed by atoms with Crippen LogP contribution in [0.1, 0.15) is 51.4 Å². The van der Waals surface area contributed by atoms with E-state index in [4.69, 9.17) is 11.5 Å². The van der Waals surface area contributed by atoms with Crippen molar-refractivity contribution >= 4 is 11.8 Å². The first-order valence-corrected chi connectivity index (χ1v) is 7.42. The Bertz CT molecular complexity index is 332. The Labute approximate surface area is 114 Å². The predicted molar refractivity (Wildman–Crippen MR) is 73.1 cm³/mol. The Balaban J connectivity index is 2.00. The summed E-state index contributed by atoms with van der Waals surface area (Å²) in [5.41, 5.74) is 11.2. The Morgan fingerprint density at radius 3 is 2.11 bits per heavy atom. The maximum Gasteiger partial charge on any atom is 0.237 e. The lowest BCUT2D eigenvalue weighted by Gasteiger charge is -2.34. The molecule has 0 aromatic rings. The summed E-state index contributed by atoms with van der Waals surface area (Å²) in [5.74, 6) is -0.245. The zero-order valence-corrected chi connectivity index (χ0v) is 11.5. The molecule has 2 aliphatic rings. The molecule has 0 radical (unpaired) electrons. The van der Waals surface area contributed by atoms with E-state index in [0.29, 0.717) is 0 Å². The zero-order valence-electron chi connectivity index (χ0n) is 11.5. The lowest BCUT2D eigenvalue weighted by atomic mass is 9.85. The average Bonchev–Trinajstić information content (AvgIpc) is 2.89. The molecule has 0 heterocycles. The van der Waals surface area contributed by atoms with Crippen LogP contribution in [0.3, 0.4) is 0 Å². The van der Waals surface area contributed by atoms with Gasteiger partial charge < -0.3 is 16.4 Å². The van der Waals surface area contributed by atoms with Crippen LogP contribution in [0.15, 0.2) is 0 Å². The first-order valence-electron chi connectivity index (χ1n) is 7.42. The van der Waals surface area contributed by atoms with Gasteiger partial charge in [-0.15, -0.1) is 0 Å². The van der Waals surface area contributed by atoms with Gasteiger partial charge in [-0.3, -0.25) is 9.59 Å². The van der Waals surface area contributed by atoms with Crippen LogP contribution in [0.4, 0.5) is 0 Å². The summed E-state index contributed by atoms with van der Waals surface area (Å²) < 4.78 is 0. The van der Waals surface area contributed by atoms with Gasteiger partial charge in [-0.05, 0) is 38.5 Å². The van der Waals surface area contributed by atoms with Gasteiger partial charge in [0, 0.05) is 18.0 Å². The molecule has 5 heteroatoms. The number of amides is 2. The summed E-state index contributed by atoms with van der Waals surface area (Å²) in [6, 6.07) is 0.454. The molecule has 0 saturated heterocycles. The maximum absolute atomic E-state index is 12.6. The van der Waals surface area contributed by atoms with E-state index in [-0.39, 0.29) is 30.5 Å². The van der Waals surface area contributed by atoms with E-state index in [1.807, 2.05) is 0 Å². The SMILES string of the molecule is NC(=O)CN(C(=O)C1CCC(N)CC1)C1CCCC1. The molecule has 19 heavy (non-hydrogen) atoms. The molecular formula is C14H25N3O2. The minimum Gasteiger partial charge on any atom is -0.368 e. The first kappa shape index (κ1) is 14.3. The molecule has 0 aromatic heterocycles. The lowest BCUT2D eigenvalue weighted by molar-refractivity contribution is -0.142. The van der Waals surface area contributed by atoms with Crippen molar-refractivity contribution in [3.8, 4) is 0 Å². The fourth-order valence-corrected chi connectivity index (χ4v) is 3.37. The monoisotopic (exact) mass is 267 g/mol. The summed E-state index contributed by atoms with van der Waals surface area (Å²) in [7, 11) is 0. The second kappa shape index (κ2) is 6.37. The van der Waals surface area contributed by atoms with Crippen LogP contribution < -0.4 is 11.5 Å². The largest absolute Gasteiger partial charge is 0.368 e. The third-order valence-corrected chi connectivity index (χ3v) is 4.50. The van der Waals surface area contributed by atoms with Gasteiger partial charge in [0.15, 0.2) is 0 Å². The van der Waals surface area contributed by atoms with Gasteiger partial charge in [0.05, 0.1) is 6.54 Å². The number of hydrogen-bond donors (Lipinski definition) is 2. The zero-order chi connectivity index (χ0) is 13.8. The van der Waals surface area contributed by atoms with E-state index < -0.39 is 5.91 Å². The van der Waals surface area contributed by atoms with E-state index in [0.717, 1.165) is 51.4 Å². The molecule has 2 rings (SSSR count). The molecule has 0 bridgehead atoms. The van der Waals surface area contributed by atoms with Crippen molar-refractivity contribution in [2.45, 2.75) is 63.5 Å². The highest BCUT2D eigenvalue weighted by molar-refractivity contribution is 5.85. The van der Waals surface area contributed by atoms with E-state index >= 15 is 0 Å². The van der Waals surface area contributed by atoms with Crippen LogP contribution in [0, 0.1) is 5.92 Å². The molecule has 0 atom stereocenters. The van der Waals surface area contributed by atoms with Crippen molar-refractivity contribution in [1.82, 2.24) is 4.90 Å². The van der Waals surface area contributed by atoms with Crippen molar-refractivity contribution in [3.05, 3.63) is 0 Å². The Kier molecular flexibility index (Phi) is 4.80. The topological polar surface area (TPSA) is 89.4 Å². The first-order chi connectivity index (χ1) is 9.08. The molecule has 2 saturated carbocycles. The normalized spacial score (nSPS) is 28.3. The van der Waals surface area contributed by atoms with Gasteiger partial charge >= 0.3 is 0 Å². The van der Waals surface area contributed by atoms with E-state index in [1.54, 1.807) is 4.90 Å². The van der Waals surface area contributed by atoms with E-state index in [1.165, 1.54) is 0 Å². The quantitative estimate of drug-likeness (QED) is 0.788. The second-order valence-electron chi connectivity index (χ2n) is 5.98. The van der Waals surface area contributed by atoms with Crippen molar-refractivity contribution in [3.63, 3.8) is 0 Å². The minimum atomic E-state index is -0.409. The molecule has 2 aliphatic carbocycles. The molecule has 4 N–H and O–H groups in total. The molecule has 2 fully saturated rings. The Morgan fingerprint density at radius 1 is 1.00 bits per heavy atom. The van der Waals surface area contributed by atoms with Gasteiger partial charge in [0.2, 0.25) is 11.8 Å². The third kappa shape index (κ3) is 3.69. The van der Waals surface area contributed by atoms with Gasteiger partial charge in [-0.1, -0.05) is 12.8 Å². The fraction of sp³-hybridized carbons (Fsp3) is 0.857. The van der Waals surface area contributed by atoms with E-state index in [2.05, 4.69) is 0 Å². The summed E-state index contributed by atoms with van der Waals surface area (Å²) in [6.45, 7) is 0.0754. The summed E-state index contributed by atoms with van der Waals surface area (Å²) >= 11 is 0. The number of nitrogens with zero attached hydrogens (tertiary/aromatic N) is 1. The number of hydrogen-bond acceptors (Lipinski definition) is 3. The van der Waals surface area contributed by atoms with Crippen LogP contribution in [-0.4, -0.2) is 35.3 Å². The summed E-state index contributed by atoms with van der Waals surface area (Å²) in [4.78, 5) is 25.6. The average molecular weight is 267 g/mol. The third-order valence-electron chi connectivity index (χ3n) is 4.50. The number of carbonyl (C=O) groups is 2. The molecule has 0 aromatic carbocycles. The molecule has 2 amide bonds. The molecule has 0 spiro atoms. The molecule has 108 valence electrons. The fourth-order valence-electron chi connectivity index (χ4n) is 3.37. The van der Waals surface area contributed by atoms with Crippen LogP contribution in [0.25, 0.3) is 0 Å². The van der Waals surface area contributed by atoms with Gasteiger partial charge in [0.25, 0.3) is 0 Å². The highest BCUT2D eigenvalue weighted by atomic mass is 16.2. The maximum atomic E-state index is 12.6. The van der Waals surface area contributed by atoms with Crippen LogP contribution in [0.2, 0.25) is 0 Å². The van der Waals surface area contributed by atoms with Crippen molar-refractivity contribution in [1.29, 1.82) is 0 Å². The highest BCUT2D eigenvalue weighted by Gasteiger charge is 2.33. The number of nitrogens with two attached hydrogens (primary N) is 2. The smallest absolute Gasteiger partial charge is 0.237 e. The highest BCUT2D eigenvalue weighted by Crippen LogP contribution is 2.29. The molecule has 5 nitrogen and oxygen atoms in total.